The number of hydrogen-bond donors (Lipinski definition) is 0. The van der Waals surface area contributed by atoms with Crippen LogP contribution in [0.15, 0.2) is 4.99 Å². The van der Waals surface area contributed by atoms with Gasteiger partial charge < -0.3 is 0 Å². The Kier molecular flexibility index (Phi) is 4.19. The van der Waals surface area contributed by atoms with Gasteiger partial charge in [0.2, 0.25) is 0 Å². The predicted molar refractivity (Wildman–Crippen MR) is 51.8 cm³/mol. The van der Waals surface area contributed by atoms with Crippen molar-refractivity contribution >= 4 is 17.4 Å². The molecule has 0 N–H and O–H groups in total. The summed E-state index contributed by atoms with van der Waals surface area (Å²) in [4.78, 5) is 3.38. The molecular weight excluding hydrogens is 268 g/mol. The number of nitrogens with zero attached hydrogens (tertiary/aromatic N) is 1. The molecule has 1 fully saturated rings. The average molecular weight is 277 g/mol. The molecule has 98 valence electrons. The van der Waals surface area contributed by atoms with E-state index in [-0.39, 0.29) is 0 Å². The zero-order chi connectivity index (χ0) is 13.3. The normalized spacial score (nSPS) is 30.8. The SMILES string of the molecule is FC(F)(F)C1CC(N=C=S)CC(C(F)(F)F)C1. The van der Waals surface area contributed by atoms with Gasteiger partial charge in [0.05, 0.1) is 23.0 Å². The lowest BCUT2D eigenvalue weighted by Gasteiger charge is -2.34. The van der Waals surface area contributed by atoms with Crippen LogP contribution in [0.5, 0.6) is 0 Å². The molecular formula is C9H9F6NS. The van der Waals surface area contributed by atoms with Gasteiger partial charge >= 0.3 is 12.4 Å². The average Bonchev–Trinajstić information content (AvgIpc) is 2.15. The van der Waals surface area contributed by atoms with Crippen molar-refractivity contribution in [2.75, 3.05) is 0 Å². The first kappa shape index (κ1) is 14.4. The number of hydrogen-bond acceptors (Lipinski definition) is 2. The number of thiocarbonyl (C=S) groups is 1. The molecule has 2 atom stereocenters. The molecule has 0 amide bonds. The molecule has 1 rings (SSSR count). The van der Waals surface area contributed by atoms with Gasteiger partial charge in [-0.25, -0.2) is 4.99 Å². The Labute approximate surface area is 98.9 Å². The second-order valence-corrected chi connectivity index (χ2v) is 4.24. The maximum absolute atomic E-state index is 12.5. The Balaban J connectivity index is 2.87. The molecule has 1 nitrogen and oxygen atoms in total. The molecule has 2 unspecified atom stereocenters. The summed E-state index contributed by atoms with van der Waals surface area (Å²) >= 11 is 4.22. The van der Waals surface area contributed by atoms with Gasteiger partial charge in [0, 0.05) is 0 Å². The van der Waals surface area contributed by atoms with Crippen molar-refractivity contribution in [1.82, 2.24) is 0 Å². The number of isothiocyanates is 1. The van der Waals surface area contributed by atoms with E-state index in [1.807, 2.05) is 5.16 Å². The lowest BCUT2D eigenvalue weighted by Crippen LogP contribution is -2.39. The maximum Gasteiger partial charge on any atom is 0.391 e. The van der Waals surface area contributed by atoms with Gasteiger partial charge in [0.25, 0.3) is 0 Å². The quantitative estimate of drug-likeness (QED) is 0.401. The van der Waals surface area contributed by atoms with Gasteiger partial charge in [-0.3, -0.25) is 0 Å². The van der Waals surface area contributed by atoms with Gasteiger partial charge in [0.15, 0.2) is 0 Å². The Morgan fingerprint density at radius 2 is 1.29 bits per heavy atom. The van der Waals surface area contributed by atoms with Gasteiger partial charge in [-0.2, -0.15) is 26.3 Å². The highest BCUT2D eigenvalue weighted by Gasteiger charge is 2.51. The van der Waals surface area contributed by atoms with E-state index in [1.54, 1.807) is 0 Å². The standard InChI is InChI=1S/C9H9F6NS/c10-8(11,12)5-1-6(9(13,14)15)3-7(2-5)16-4-17/h5-7H,1-3H2. The van der Waals surface area contributed by atoms with Crippen LogP contribution in [-0.2, 0) is 0 Å². The minimum Gasteiger partial charge on any atom is -0.229 e. The van der Waals surface area contributed by atoms with E-state index in [0.29, 0.717) is 0 Å². The van der Waals surface area contributed by atoms with E-state index in [9.17, 15) is 26.3 Å². The Morgan fingerprint density at radius 1 is 0.882 bits per heavy atom. The summed E-state index contributed by atoms with van der Waals surface area (Å²) in [6.45, 7) is 0. The first-order valence-electron chi connectivity index (χ1n) is 4.85. The van der Waals surface area contributed by atoms with E-state index in [1.165, 1.54) is 0 Å². The number of aliphatic imine (C=N–C) groups is 1. The molecule has 0 aromatic carbocycles. The summed E-state index contributed by atoms with van der Waals surface area (Å²) in [5, 5.41) is 1.86. The fourth-order valence-electron chi connectivity index (χ4n) is 2.00. The second kappa shape index (κ2) is 4.94. The van der Waals surface area contributed by atoms with Crippen molar-refractivity contribution in [3.63, 3.8) is 0 Å². The summed E-state index contributed by atoms with van der Waals surface area (Å²) in [7, 11) is 0. The Bertz CT molecular complexity index is 294. The van der Waals surface area contributed by atoms with Crippen LogP contribution in [-0.4, -0.2) is 23.6 Å². The predicted octanol–water partition coefficient (Wildman–Crippen LogP) is 4.00. The van der Waals surface area contributed by atoms with Gasteiger partial charge in [-0.05, 0) is 31.5 Å². The van der Waals surface area contributed by atoms with E-state index >= 15 is 0 Å². The summed E-state index contributed by atoms with van der Waals surface area (Å²) in [6.07, 6.45) is -11.1. The van der Waals surface area contributed by atoms with E-state index in [4.69, 9.17) is 0 Å². The zero-order valence-electron chi connectivity index (χ0n) is 8.48. The van der Waals surface area contributed by atoms with Crippen molar-refractivity contribution in [1.29, 1.82) is 0 Å². The number of halogens is 6. The minimum absolute atomic E-state index is 0.445. The van der Waals surface area contributed by atoms with E-state index in [2.05, 4.69) is 17.2 Å². The Morgan fingerprint density at radius 3 is 1.59 bits per heavy atom. The Hall–Kier alpha value is -0.620. The van der Waals surface area contributed by atoms with Crippen LogP contribution in [0.25, 0.3) is 0 Å². The molecule has 1 saturated carbocycles. The van der Waals surface area contributed by atoms with Crippen LogP contribution < -0.4 is 0 Å². The highest BCUT2D eigenvalue weighted by atomic mass is 32.1. The fourth-order valence-corrected chi connectivity index (χ4v) is 2.15. The summed E-state index contributed by atoms with van der Waals surface area (Å²) in [6, 6.07) is -1.04. The van der Waals surface area contributed by atoms with Crippen LogP contribution in [0, 0.1) is 11.8 Å². The highest BCUT2D eigenvalue weighted by molar-refractivity contribution is 7.78. The topological polar surface area (TPSA) is 12.4 Å². The third-order valence-electron chi connectivity index (χ3n) is 2.84. The molecule has 0 aromatic heterocycles. The van der Waals surface area contributed by atoms with Crippen molar-refractivity contribution in [3.8, 4) is 0 Å². The van der Waals surface area contributed by atoms with Crippen LogP contribution >= 0.6 is 12.2 Å². The lowest BCUT2D eigenvalue weighted by molar-refractivity contribution is -0.224. The molecule has 0 heterocycles. The molecule has 1 aliphatic carbocycles. The molecule has 17 heavy (non-hydrogen) atoms. The van der Waals surface area contributed by atoms with Crippen molar-refractivity contribution < 1.29 is 26.3 Å². The van der Waals surface area contributed by atoms with Crippen molar-refractivity contribution in [2.24, 2.45) is 16.8 Å². The largest absolute Gasteiger partial charge is 0.391 e. The van der Waals surface area contributed by atoms with E-state index < -0.39 is 49.5 Å². The molecule has 0 saturated heterocycles. The van der Waals surface area contributed by atoms with Crippen LogP contribution in [0.2, 0.25) is 0 Å². The first-order valence-corrected chi connectivity index (χ1v) is 5.25. The minimum atomic E-state index is -4.63. The van der Waals surface area contributed by atoms with Crippen molar-refractivity contribution in [3.05, 3.63) is 0 Å². The molecule has 0 aromatic rings. The monoisotopic (exact) mass is 277 g/mol. The third kappa shape index (κ3) is 3.96. The van der Waals surface area contributed by atoms with Gasteiger partial charge in [-0.1, -0.05) is 0 Å². The molecule has 0 bridgehead atoms. The van der Waals surface area contributed by atoms with Crippen LogP contribution in [0.3, 0.4) is 0 Å². The molecule has 8 heteroatoms. The zero-order valence-corrected chi connectivity index (χ0v) is 9.29. The smallest absolute Gasteiger partial charge is 0.229 e. The number of rotatable bonds is 1. The first-order chi connectivity index (χ1) is 7.64. The van der Waals surface area contributed by atoms with E-state index in [0.717, 1.165) is 0 Å². The lowest BCUT2D eigenvalue weighted by atomic mass is 9.78. The van der Waals surface area contributed by atoms with Crippen LogP contribution in [0.1, 0.15) is 19.3 Å². The second-order valence-electron chi connectivity index (χ2n) is 4.06. The third-order valence-corrected chi connectivity index (χ3v) is 2.95. The molecule has 0 radical (unpaired) electrons. The fraction of sp³-hybridized carbons (Fsp3) is 0.889. The maximum atomic E-state index is 12.5. The van der Waals surface area contributed by atoms with Crippen molar-refractivity contribution in [2.45, 2.75) is 37.7 Å². The summed E-state index contributed by atoms with van der Waals surface area (Å²) in [5.74, 6) is -3.94. The summed E-state index contributed by atoms with van der Waals surface area (Å²) < 4.78 is 74.8. The molecule has 0 aliphatic heterocycles. The molecule has 1 aliphatic rings. The highest BCUT2D eigenvalue weighted by Crippen LogP contribution is 2.46. The van der Waals surface area contributed by atoms with Crippen LogP contribution in [0.4, 0.5) is 26.3 Å². The van der Waals surface area contributed by atoms with Gasteiger partial charge in [0.1, 0.15) is 0 Å². The summed E-state index contributed by atoms with van der Waals surface area (Å²) in [5.41, 5.74) is 0. The molecule has 0 spiro atoms. The van der Waals surface area contributed by atoms with Gasteiger partial charge in [-0.15, -0.1) is 0 Å². The number of alkyl halides is 6.